The van der Waals surface area contributed by atoms with Crippen LogP contribution >= 0.6 is 24.0 Å². The van der Waals surface area contributed by atoms with Crippen LogP contribution in [-0.2, 0) is 19.4 Å². The second-order valence-corrected chi connectivity index (χ2v) is 7.50. The van der Waals surface area contributed by atoms with Gasteiger partial charge < -0.3 is 15.2 Å². The summed E-state index contributed by atoms with van der Waals surface area (Å²) < 4.78 is 2.10. The number of aliphatic imine (C=N–C) groups is 1. The van der Waals surface area contributed by atoms with Crippen LogP contribution in [0.5, 0.6) is 0 Å². The number of halogens is 1. The van der Waals surface area contributed by atoms with Gasteiger partial charge >= 0.3 is 0 Å². The Morgan fingerprint density at radius 1 is 1.17 bits per heavy atom. The Balaban J connectivity index is 0.00000320. The van der Waals surface area contributed by atoms with Crippen molar-refractivity contribution >= 4 is 29.9 Å². The molecule has 2 heterocycles. The maximum atomic E-state index is 4.91. The van der Waals surface area contributed by atoms with Crippen LogP contribution in [0.15, 0.2) is 41.7 Å². The molecule has 1 saturated heterocycles. The largest absolute Gasteiger partial charge is 0.356 e. The molecule has 0 aliphatic carbocycles. The highest BCUT2D eigenvalue weighted by molar-refractivity contribution is 14.0. The molecule has 1 atom stereocenters. The third-order valence-electron chi connectivity index (χ3n) is 5.57. The molecular weight excluding hydrogens is 489 g/mol. The van der Waals surface area contributed by atoms with Crippen molar-refractivity contribution in [3.8, 4) is 0 Å². The van der Waals surface area contributed by atoms with Crippen LogP contribution in [0, 0.1) is 0 Å². The summed E-state index contributed by atoms with van der Waals surface area (Å²) in [6.07, 6.45) is 6.21. The first-order valence-electron chi connectivity index (χ1n) is 11.0. The summed E-state index contributed by atoms with van der Waals surface area (Å²) in [5.41, 5.74) is 1.34. The number of aromatic nitrogens is 3. The molecule has 1 aromatic heterocycles. The molecule has 7 nitrogen and oxygen atoms in total. The van der Waals surface area contributed by atoms with Crippen molar-refractivity contribution in [3.05, 3.63) is 48.0 Å². The summed E-state index contributed by atoms with van der Waals surface area (Å²) in [6, 6.07) is 11.1. The van der Waals surface area contributed by atoms with Gasteiger partial charge in [-0.3, -0.25) is 9.89 Å². The summed E-state index contributed by atoms with van der Waals surface area (Å²) >= 11 is 0. The first-order valence-corrected chi connectivity index (χ1v) is 11.0. The highest BCUT2D eigenvalue weighted by Gasteiger charge is 2.22. The van der Waals surface area contributed by atoms with Crippen molar-refractivity contribution in [2.45, 2.75) is 52.1 Å². The number of benzene rings is 1. The Hall–Kier alpha value is -1.68. The van der Waals surface area contributed by atoms with Crippen molar-refractivity contribution in [1.82, 2.24) is 30.3 Å². The van der Waals surface area contributed by atoms with Crippen LogP contribution in [-0.4, -0.2) is 64.4 Å². The minimum atomic E-state index is 0. The standard InChI is InChI=1S/C22H35N7.HI/c1-3-21-27-26-18-29(21)16-14-24-22(23-13-12-19-9-6-5-7-10-19)25-17-20-11-8-15-28(20)4-2;/h5-7,9-10,18,20H,3-4,8,11-17H2,1-2H3,(H2,23,24,25);1H. The van der Waals surface area contributed by atoms with Gasteiger partial charge in [-0.25, -0.2) is 0 Å². The van der Waals surface area contributed by atoms with E-state index in [1.807, 2.05) is 0 Å². The number of guanidine groups is 1. The van der Waals surface area contributed by atoms with E-state index in [1.165, 1.54) is 24.9 Å². The molecule has 2 aromatic rings. The molecule has 3 rings (SSSR count). The van der Waals surface area contributed by atoms with Crippen LogP contribution in [0.4, 0.5) is 0 Å². The molecule has 166 valence electrons. The monoisotopic (exact) mass is 525 g/mol. The van der Waals surface area contributed by atoms with E-state index in [9.17, 15) is 0 Å². The average molecular weight is 525 g/mol. The van der Waals surface area contributed by atoms with Crippen molar-refractivity contribution in [1.29, 1.82) is 0 Å². The maximum absolute atomic E-state index is 4.91. The molecule has 1 aromatic carbocycles. The van der Waals surface area contributed by atoms with Gasteiger partial charge in [0.15, 0.2) is 5.96 Å². The smallest absolute Gasteiger partial charge is 0.191 e. The van der Waals surface area contributed by atoms with Crippen molar-refractivity contribution < 1.29 is 0 Å². The van der Waals surface area contributed by atoms with Crippen molar-refractivity contribution in [2.24, 2.45) is 4.99 Å². The molecule has 1 aliphatic rings. The molecule has 1 fully saturated rings. The Morgan fingerprint density at radius 2 is 1.97 bits per heavy atom. The number of nitrogens with one attached hydrogen (secondary N) is 2. The van der Waals surface area contributed by atoms with E-state index in [-0.39, 0.29) is 24.0 Å². The highest BCUT2D eigenvalue weighted by atomic mass is 127. The van der Waals surface area contributed by atoms with Gasteiger partial charge in [-0.2, -0.15) is 0 Å². The Morgan fingerprint density at radius 3 is 2.73 bits per heavy atom. The molecule has 0 saturated carbocycles. The first kappa shape index (κ1) is 24.6. The number of hydrogen-bond acceptors (Lipinski definition) is 4. The number of hydrogen-bond donors (Lipinski definition) is 2. The Bertz CT molecular complexity index is 747. The predicted octanol–water partition coefficient (Wildman–Crippen LogP) is 2.72. The van der Waals surface area contributed by atoms with E-state index in [1.54, 1.807) is 6.33 Å². The van der Waals surface area contributed by atoms with E-state index in [4.69, 9.17) is 4.99 Å². The molecule has 1 unspecified atom stereocenters. The molecule has 2 N–H and O–H groups in total. The maximum Gasteiger partial charge on any atom is 0.191 e. The van der Waals surface area contributed by atoms with Crippen molar-refractivity contribution in [3.63, 3.8) is 0 Å². The average Bonchev–Trinajstić information content (AvgIpc) is 3.41. The Labute approximate surface area is 197 Å². The SMILES string of the molecule is CCc1nncn1CCNC(=NCC1CCCN1CC)NCCc1ccccc1.I. The quantitative estimate of drug-likeness (QED) is 0.284. The summed E-state index contributed by atoms with van der Waals surface area (Å²) in [5.74, 6) is 1.92. The van der Waals surface area contributed by atoms with E-state index in [0.29, 0.717) is 6.04 Å². The summed E-state index contributed by atoms with van der Waals surface area (Å²) in [4.78, 5) is 7.45. The normalized spacial score (nSPS) is 17.0. The Kier molecular flexibility index (Phi) is 11.1. The molecule has 30 heavy (non-hydrogen) atoms. The second kappa shape index (κ2) is 13.6. The lowest BCUT2D eigenvalue weighted by molar-refractivity contribution is 0.273. The number of nitrogens with zero attached hydrogens (tertiary/aromatic N) is 5. The third-order valence-corrected chi connectivity index (χ3v) is 5.57. The van der Waals surface area contributed by atoms with Gasteiger partial charge in [0.2, 0.25) is 0 Å². The first-order chi connectivity index (χ1) is 14.3. The molecule has 0 amide bonds. The number of likely N-dealkylation sites (tertiary alicyclic amines) is 1. The highest BCUT2D eigenvalue weighted by Crippen LogP contribution is 2.16. The van der Waals surface area contributed by atoms with Gasteiger partial charge in [0, 0.05) is 32.1 Å². The zero-order valence-corrected chi connectivity index (χ0v) is 20.6. The molecular formula is C22H36IN7. The minimum Gasteiger partial charge on any atom is -0.356 e. The topological polar surface area (TPSA) is 70.4 Å². The molecule has 0 spiro atoms. The molecule has 0 bridgehead atoms. The van der Waals surface area contributed by atoms with Crippen LogP contribution in [0.2, 0.25) is 0 Å². The van der Waals surface area contributed by atoms with E-state index >= 15 is 0 Å². The second-order valence-electron chi connectivity index (χ2n) is 7.50. The zero-order chi connectivity index (χ0) is 20.3. The van der Waals surface area contributed by atoms with Gasteiger partial charge in [0.25, 0.3) is 0 Å². The fourth-order valence-corrected chi connectivity index (χ4v) is 3.89. The molecule has 0 radical (unpaired) electrons. The van der Waals surface area contributed by atoms with E-state index < -0.39 is 0 Å². The molecule has 8 heteroatoms. The van der Waals surface area contributed by atoms with Crippen LogP contribution in [0.25, 0.3) is 0 Å². The van der Waals surface area contributed by atoms with E-state index in [2.05, 4.69) is 74.5 Å². The van der Waals surface area contributed by atoms with Crippen LogP contribution in [0.3, 0.4) is 0 Å². The molecule has 1 aliphatic heterocycles. The number of likely N-dealkylation sites (N-methyl/N-ethyl adjacent to an activating group) is 1. The van der Waals surface area contributed by atoms with Gasteiger partial charge in [-0.05, 0) is 37.9 Å². The lowest BCUT2D eigenvalue weighted by atomic mass is 10.1. The van der Waals surface area contributed by atoms with Crippen LogP contribution in [0.1, 0.15) is 38.1 Å². The summed E-state index contributed by atoms with van der Waals surface area (Å²) in [6.45, 7) is 10.00. The lowest BCUT2D eigenvalue weighted by Crippen LogP contribution is -2.41. The van der Waals surface area contributed by atoms with Gasteiger partial charge in [0.1, 0.15) is 12.2 Å². The predicted molar refractivity (Wildman–Crippen MR) is 134 cm³/mol. The van der Waals surface area contributed by atoms with Gasteiger partial charge in [-0.1, -0.05) is 44.2 Å². The number of aryl methyl sites for hydroxylation is 1. The summed E-state index contributed by atoms with van der Waals surface area (Å²) in [5, 5.41) is 15.2. The fourth-order valence-electron chi connectivity index (χ4n) is 3.89. The van der Waals surface area contributed by atoms with Gasteiger partial charge in [-0.15, -0.1) is 34.2 Å². The van der Waals surface area contributed by atoms with Crippen molar-refractivity contribution in [2.75, 3.05) is 32.7 Å². The lowest BCUT2D eigenvalue weighted by Gasteiger charge is -2.21. The fraction of sp³-hybridized carbons (Fsp3) is 0.591. The zero-order valence-electron chi connectivity index (χ0n) is 18.3. The van der Waals surface area contributed by atoms with E-state index in [0.717, 1.165) is 57.3 Å². The third kappa shape index (κ3) is 7.54. The summed E-state index contributed by atoms with van der Waals surface area (Å²) in [7, 11) is 0. The van der Waals surface area contributed by atoms with Gasteiger partial charge in [0.05, 0.1) is 6.54 Å². The van der Waals surface area contributed by atoms with Crippen LogP contribution < -0.4 is 10.6 Å². The number of rotatable bonds is 10. The minimum absolute atomic E-state index is 0.